The maximum Gasteiger partial charge on any atom is 0.252 e. The van der Waals surface area contributed by atoms with Crippen LogP contribution in [0.5, 0.6) is 0 Å². The van der Waals surface area contributed by atoms with Crippen LogP contribution in [0.1, 0.15) is 15.9 Å². The number of fused-ring (bicyclic) bond motifs is 1. The van der Waals surface area contributed by atoms with E-state index in [2.05, 4.69) is 9.82 Å². The lowest BCUT2D eigenvalue weighted by Crippen LogP contribution is -2.21. The first-order chi connectivity index (χ1) is 11.7. The van der Waals surface area contributed by atoms with Crippen LogP contribution in [0.4, 0.5) is 5.69 Å². The first-order valence-corrected chi connectivity index (χ1v) is 9.24. The molecule has 8 nitrogen and oxygen atoms in total. The number of carbonyl (C=O) groups is 1. The first-order valence-electron chi connectivity index (χ1n) is 7.35. The molecule has 0 aliphatic heterocycles. The standard InChI is InChI=1S/C16H17N5O3S/c1-25(23,24)20-7-10-3-2-4-11(5-10)12-6-14-15(17)13(16(18)22)8-19-21(14)9-12/h2-6,8-9,20H,7,17H2,1H3,(H2,18,22). The molecule has 9 heteroatoms. The lowest BCUT2D eigenvalue weighted by atomic mass is 10.1. The Balaban J connectivity index is 1.99. The van der Waals surface area contributed by atoms with Crippen molar-refractivity contribution < 1.29 is 13.2 Å². The lowest BCUT2D eigenvalue weighted by molar-refractivity contribution is 0.100. The fourth-order valence-corrected chi connectivity index (χ4v) is 2.93. The highest BCUT2D eigenvalue weighted by Crippen LogP contribution is 2.27. The highest BCUT2D eigenvalue weighted by atomic mass is 32.2. The predicted octanol–water partition coefficient (Wildman–Crippen LogP) is 0.732. The Hall–Kier alpha value is -2.91. The van der Waals surface area contributed by atoms with Gasteiger partial charge in [-0.1, -0.05) is 18.2 Å². The number of amides is 1. The van der Waals surface area contributed by atoms with Crippen LogP contribution < -0.4 is 16.2 Å². The molecule has 0 radical (unpaired) electrons. The number of benzene rings is 1. The second-order valence-corrected chi connectivity index (χ2v) is 7.52. The van der Waals surface area contributed by atoms with Gasteiger partial charge in [0.2, 0.25) is 10.0 Å². The summed E-state index contributed by atoms with van der Waals surface area (Å²) in [5.74, 6) is -0.635. The van der Waals surface area contributed by atoms with E-state index in [1.807, 2.05) is 24.3 Å². The van der Waals surface area contributed by atoms with E-state index in [-0.39, 0.29) is 17.8 Å². The molecular formula is C16H17N5O3S. The zero-order valence-corrected chi connectivity index (χ0v) is 14.2. The van der Waals surface area contributed by atoms with E-state index in [1.54, 1.807) is 16.8 Å². The van der Waals surface area contributed by atoms with Gasteiger partial charge in [0, 0.05) is 18.3 Å². The van der Waals surface area contributed by atoms with Crippen molar-refractivity contribution in [3.63, 3.8) is 0 Å². The number of nitrogens with zero attached hydrogens (tertiary/aromatic N) is 2. The second-order valence-electron chi connectivity index (χ2n) is 5.69. The van der Waals surface area contributed by atoms with Crippen LogP contribution in [-0.2, 0) is 16.6 Å². The minimum atomic E-state index is -3.26. The summed E-state index contributed by atoms with van der Waals surface area (Å²) >= 11 is 0. The Kier molecular flexibility index (Phi) is 4.19. The summed E-state index contributed by atoms with van der Waals surface area (Å²) in [6, 6.07) is 9.23. The summed E-state index contributed by atoms with van der Waals surface area (Å²) < 4.78 is 26.5. The summed E-state index contributed by atoms with van der Waals surface area (Å²) in [5.41, 5.74) is 14.8. The second kappa shape index (κ2) is 6.19. The van der Waals surface area contributed by atoms with Crippen LogP contribution in [0.2, 0.25) is 0 Å². The molecule has 0 saturated carbocycles. The molecule has 3 aromatic rings. The van der Waals surface area contributed by atoms with E-state index in [0.717, 1.165) is 22.9 Å². The number of carbonyl (C=O) groups excluding carboxylic acids is 1. The van der Waals surface area contributed by atoms with Crippen LogP contribution in [-0.4, -0.2) is 30.2 Å². The van der Waals surface area contributed by atoms with Crippen molar-refractivity contribution in [3.05, 3.63) is 53.9 Å². The van der Waals surface area contributed by atoms with Gasteiger partial charge >= 0.3 is 0 Å². The molecule has 25 heavy (non-hydrogen) atoms. The molecule has 0 spiro atoms. The molecule has 0 saturated heterocycles. The predicted molar refractivity (Wildman–Crippen MR) is 95.2 cm³/mol. The van der Waals surface area contributed by atoms with Crippen molar-refractivity contribution in [1.29, 1.82) is 0 Å². The minimum absolute atomic E-state index is 0.170. The molecule has 1 amide bonds. The zero-order valence-electron chi connectivity index (χ0n) is 13.4. The van der Waals surface area contributed by atoms with Crippen molar-refractivity contribution >= 4 is 27.1 Å². The molecule has 0 aliphatic rings. The number of nitrogens with one attached hydrogen (secondary N) is 1. The van der Waals surface area contributed by atoms with Crippen molar-refractivity contribution in [2.75, 3.05) is 12.0 Å². The Morgan fingerprint density at radius 3 is 2.72 bits per heavy atom. The number of primary amides is 1. The van der Waals surface area contributed by atoms with Crippen LogP contribution in [0, 0.1) is 0 Å². The highest BCUT2D eigenvalue weighted by molar-refractivity contribution is 7.88. The van der Waals surface area contributed by atoms with E-state index in [4.69, 9.17) is 11.5 Å². The molecule has 2 aromatic heterocycles. The number of anilines is 1. The molecular weight excluding hydrogens is 342 g/mol. The van der Waals surface area contributed by atoms with Crippen LogP contribution in [0.15, 0.2) is 42.7 Å². The van der Waals surface area contributed by atoms with Gasteiger partial charge in [0.05, 0.1) is 29.2 Å². The van der Waals surface area contributed by atoms with E-state index in [1.165, 1.54) is 6.20 Å². The number of aromatic nitrogens is 2. The van der Waals surface area contributed by atoms with Gasteiger partial charge in [0.15, 0.2) is 0 Å². The molecule has 0 atom stereocenters. The van der Waals surface area contributed by atoms with Crippen molar-refractivity contribution in [2.24, 2.45) is 5.73 Å². The minimum Gasteiger partial charge on any atom is -0.396 e. The molecule has 3 rings (SSSR count). The SMILES string of the molecule is CS(=O)(=O)NCc1cccc(-c2cc3c(N)c(C(N)=O)cnn3c2)c1. The fraction of sp³-hybridized carbons (Fsp3) is 0.125. The van der Waals surface area contributed by atoms with Crippen LogP contribution in [0.3, 0.4) is 0 Å². The van der Waals surface area contributed by atoms with Crippen molar-refractivity contribution in [3.8, 4) is 11.1 Å². The van der Waals surface area contributed by atoms with Gasteiger partial charge in [-0.05, 0) is 23.3 Å². The highest BCUT2D eigenvalue weighted by Gasteiger charge is 2.13. The topological polar surface area (TPSA) is 133 Å². The third kappa shape index (κ3) is 3.62. The smallest absolute Gasteiger partial charge is 0.252 e. The van der Waals surface area contributed by atoms with E-state index >= 15 is 0 Å². The Morgan fingerprint density at radius 1 is 1.28 bits per heavy atom. The quantitative estimate of drug-likeness (QED) is 0.618. The molecule has 0 fully saturated rings. The number of sulfonamides is 1. The normalized spacial score (nSPS) is 11.7. The third-order valence-electron chi connectivity index (χ3n) is 3.74. The number of nitrogens with two attached hydrogens (primary N) is 2. The zero-order chi connectivity index (χ0) is 18.2. The summed E-state index contributed by atoms with van der Waals surface area (Å²) in [6.07, 6.45) is 4.22. The average Bonchev–Trinajstić information content (AvgIpc) is 2.98. The Morgan fingerprint density at radius 2 is 2.04 bits per heavy atom. The molecule has 5 N–H and O–H groups in total. The van der Waals surface area contributed by atoms with Gasteiger partial charge in [0.25, 0.3) is 5.91 Å². The van der Waals surface area contributed by atoms with Crippen LogP contribution in [0.25, 0.3) is 16.6 Å². The monoisotopic (exact) mass is 359 g/mol. The molecule has 0 unspecified atom stereocenters. The van der Waals surface area contributed by atoms with E-state index < -0.39 is 15.9 Å². The van der Waals surface area contributed by atoms with Crippen molar-refractivity contribution in [2.45, 2.75) is 6.54 Å². The third-order valence-corrected chi connectivity index (χ3v) is 4.41. The summed E-state index contributed by atoms with van der Waals surface area (Å²) in [7, 11) is -3.26. The summed E-state index contributed by atoms with van der Waals surface area (Å²) in [6.45, 7) is 0.201. The molecule has 0 aliphatic carbocycles. The number of rotatable bonds is 5. The number of hydrogen-bond acceptors (Lipinski definition) is 5. The van der Waals surface area contributed by atoms with Gasteiger partial charge in [-0.3, -0.25) is 4.79 Å². The fourth-order valence-electron chi connectivity index (χ4n) is 2.51. The number of nitrogen functional groups attached to an aromatic ring is 1. The van der Waals surface area contributed by atoms with E-state index in [9.17, 15) is 13.2 Å². The molecule has 130 valence electrons. The summed E-state index contributed by atoms with van der Waals surface area (Å²) in [4.78, 5) is 11.4. The van der Waals surface area contributed by atoms with Crippen molar-refractivity contribution in [1.82, 2.24) is 14.3 Å². The number of hydrogen-bond donors (Lipinski definition) is 3. The Labute approximate surface area is 144 Å². The summed E-state index contributed by atoms with van der Waals surface area (Å²) in [5, 5.41) is 4.14. The largest absolute Gasteiger partial charge is 0.396 e. The van der Waals surface area contributed by atoms with Gasteiger partial charge in [-0.25, -0.2) is 17.7 Å². The molecule has 0 bridgehead atoms. The van der Waals surface area contributed by atoms with Gasteiger partial charge in [-0.15, -0.1) is 0 Å². The maximum atomic E-state index is 11.4. The molecule has 1 aromatic carbocycles. The first kappa shape index (κ1) is 16.9. The Bertz CT molecular complexity index is 1070. The maximum absolute atomic E-state index is 11.4. The molecule has 2 heterocycles. The average molecular weight is 359 g/mol. The van der Waals surface area contributed by atoms with E-state index in [0.29, 0.717) is 5.52 Å². The van der Waals surface area contributed by atoms with Gasteiger partial charge in [0.1, 0.15) is 0 Å². The van der Waals surface area contributed by atoms with Gasteiger partial charge in [-0.2, -0.15) is 5.10 Å². The van der Waals surface area contributed by atoms with Crippen LogP contribution >= 0.6 is 0 Å². The lowest BCUT2D eigenvalue weighted by Gasteiger charge is -2.04. The van der Waals surface area contributed by atoms with Gasteiger partial charge < -0.3 is 11.5 Å².